The first-order valence-electron chi connectivity index (χ1n) is 6.10. The quantitative estimate of drug-likeness (QED) is 0.733. The van der Waals surface area contributed by atoms with Gasteiger partial charge in [0.1, 0.15) is 6.33 Å². The van der Waals surface area contributed by atoms with E-state index in [1.807, 2.05) is 36.7 Å². The second-order valence-electron chi connectivity index (χ2n) is 4.46. The Balaban J connectivity index is 2.26. The lowest BCUT2D eigenvalue weighted by molar-refractivity contribution is 0.105. The Morgan fingerprint density at radius 3 is 2.84 bits per heavy atom. The predicted octanol–water partition coefficient (Wildman–Crippen LogP) is 0.556. The minimum Gasteiger partial charge on any atom is -0.394 e. The Kier molecular flexibility index (Phi) is 4.13. The fraction of sp³-hybridized carbons (Fsp3) is 0.385. The summed E-state index contributed by atoms with van der Waals surface area (Å²) >= 11 is 0. The first-order valence-corrected chi connectivity index (χ1v) is 6.10. The molecule has 2 rings (SSSR count). The molecule has 0 saturated carbocycles. The Bertz CT molecular complexity index is 553. The molecule has 1 aromatic heterocycles. The van der Waals surface area contributed by atoms with Gasteiger partial charge in [0.05, 0.1) is 12.7 Å². The summed E-state index contributed by atoms with van der Waals surface area (Å²) in [6.45, 7) is 2.03. The molecule has 0 bridgehead atoms. The van der Waals surface area contributed by atoms with Crippen LogP contribution >= 0.6 is 0 Å². The number of hydrogen-bond acceptors (Lipinski definition) is 5. The zero-order valence-corrected chi connectivity index (χ0v) is 11.0. The molecule has 0 amide bonds. The number of rotatable bonds is 5. The van der Waals surface area contributed by atoms with Crippen molar-refractivity contribution in [2.24, 2.45) is 7.05 Å². The van der Waals surface area contributed by atoms with Crippen molar-refractivity contribution in [2.45, 2.75) is 13.0 Å². The second kappa shape index (κ2) is 5.81. The van der Waals surface area contributed by atoms with Gasteiger partial charge in [0.2, 0.25) is 0 Å². The summed E-state index contributed by atoms with van der Waals surface area (Å²) in [4.78, 5) is 0. The van der Waals surface area contributed by atoms with E-state index in [1.165, 1.54) is 0 Å². The van der Waals surface area contributed by atoms with Gasteiger partial charge in [-0.25, -0.2) is 0 Å². The van der Waals surface area contributed by atoms with Crippen LogP contribution in [-0.2, 0) is 7.05 Å². The molecule has 2 aromatic rings. The van der Waals surface area contributed by atoms with E-state index in [-0.39, 0.29) is 6.61 Å². The van der Waals surface area contributed by atoms with E-state index in [0.717, 1.165) is 22.6 Å². The highest BCUT2D eigenvalue weighted by molar-refractivity contribution is 5.69. The maximum absolute atomic E-state index is 9.37. The standard InChI is InChI=1S/C13H18N4O2/c1-9-11(13-16-15-8-17(13)2)4-3-5-12(9)14-6-10(19)7-18/h3-5,8,10,14,18-19H,6-7H2,1-2H3. The van der Waals surface area contributed by atoms with Gasteiger partial charge < -0.3 is 20.1 Å². The van der Waals surface area contributed by atoms with Crippen molar-refractivity contribution in [3.8, 4) is 11.4 Å². The van der Waals surface area contributed by atoms with Crippen LogP contribution in [0.25, 0.3) is 11.4 Å². The Morgan fingerprint density at radius 1 is 1.42 bits per heavy atom. The van der Waals surface area contributed by atoms with Crippen LogP contribution in [-0.4, -0.2) is 44.2 Å². The van der Waals surface area contributed by atoms with Gasteiger partial charge in [-0.15, -0.1) is 10.2 Å². The molecular formula is C13H18N4O2. The van der Waals surface area contributed by atoms with Crippen molar-refractivity contribution in [2.75, 3.05) is 18.5 Å². The van der Waals surface area contributed by atoms with Gasteiger partial charge in [-0.2, -0.15) is 0 Å². The first kappa shape index (κ1) is 13.5. The first-order chi connectivity index (χ1) is 9.13. The lowest BCUT2D eigenvalue weighted by atomic mass is 10.1. The maximum atomic E-state index is 9.37. The molecule has 1 atom stereocenters. The average Bonchev–Trinajstić information content (AvgIpc) is 2.83. The summed E-state index contributed by atoms with van der Waals surface area (Å²) in [5, 5.41) is 29.3. The Morgan fingerprint density at radius 2 is 2.21 bits per heavy atom. The van der Waals surface area contributed by atoms with Gasteiger partial charge in [-0.1, -0.05) is 12.1 Å². The zero-order chi connectivity index (χ0) is 13.8. The van der Waals surface area contributed by atoms with Gasteiger partial charge in [0.15, 0.2) is 5.82 Å². The molecule has 19 heavy (non-hydrogen) atoms. The predicted molar refractivity (Wildman–Crippen MR) is 72.8 cm³/mol. The number of aliphatic hydroxyl groups is 2. The minimum absolute atomic E-state index is 0.255. The molecule has 102 valence electrons. The van der Waals surface area contributed by atoms with Crippen LogP contribution in [0, 0.1) is 6.92 Å². The molecular weight excluding hydrogens is 244 g/mol. The third-order valence-electron chi connectivity index (χ3n) is 3.02. The number of nitrogens with zero attached hydrogens (tertiary/aromatic N) is 3. The molecule has 0 spiro atoms. The van der Waals surface area contributed by atoms with Crippen LogP contribution in [0.3, 0.4) is 0 Å². The highest BCUT2D eigenvalue weighted by atomic mass is 16.3. The van der Waals surface area contributed by atoms with Crippen LogP contribution in [0.2, 0.25) is 0 Å². The number of hydrogen-bond donors (Lipinski definition) is 3. The van der Waals surface area contributed by atoms with E-state index in [4.69, 9.17) is 5.11 Å². The van der Waals surface area contributed by atoms with Crippen molar-refractivity contribution >= 4 is 5.69 Å². The lowest BCUT2D eigenvalue weighted by Crippen LogP contribution is -2.23. The molecule has 0 saturated heterocycles. The molecule has 1 unspecified atom stereocenters. The van der Waals surface area contributed by atoms with Crippen molar-refractivity contribution in [3.63, 3.8) is 0 Å². The van der Waals surface area contributed by atoms with E-state index in [0.29, 0.717) is 6.54 Å². The zero-order valence-electron chi connectivity index (χ0n) is 11.0. The summed E-state index contributed by atoms with van der Waals surface area (Å²) in [6.07, 6.45) is 0.891. The molecule has 6 nitrogen and oxygen atoms in total. The van der Waals surface area contributed by atoms with Crippen LogP contribution in [0.4, 0.5) is 5.69 Å². The summed E-state index contributed by atoms with van der Waals surface area (Å²) in [5.74, 6) is 0.795. The van der Waals surface area contributed by atoms with E-state index in [9.17, 15) is 5.11 Å². The topological polar surface area (TPSA) is 83.2 Å². The summed E-state index contributed by atoms with van der Waals surface area (Å²) in [6, 6.07) is 5.83. The Labute approximate surface area is 111 Å². The van der Waals surface area contributed by atoms with Gasteiger partial charge in [-0.3, -0.25) is 0 Å². The summed E-state index contributed by atoms with van der Waals surface area (Å²) in [7, 11) is 1.89. The number of nitrogens with one attached hydrogen (secondary N) is 1. The third kappa shape index (κ3) is 2.91. The third-order valence-corrected chi connectivity index (χ3v) is 3.02. The number of benzene rings is 1. The smallest absolute Gasteiger partial charge is 0.163 e. The fourth-order valence-electron chi connectivity index (χ4n) is 1.89. The normalized spacial score (nSPS) is 12.4. The maximum Gasteiger partial charge on any atom is 0.163 e. The average molecular weight is 262 g/mol. The van der Waals surface area contributed by atoms with Crippen molar-refractivity contribution in [1.82, 2.24) is 14.8 Å². The molecule has 0 aliphatic carbocycles. The van der Waals surface area contributed by atoms with E-state index in [2.05, 4.69) is 15.5 Å². The van der Waals surface area contributed by atoms with Gasteiger partial charge in [0, 0.05) is 24.8 Å². The number of aryl methyl sites for hydroxylation is 1. The second-order valence-corrected chi connectivity index (χ2v) is 4.46. The molecule has 0 aliphatic heterocycles. The highest BCUT2D eigenvalue weighted by Gasteiger charge is 2.11. The van der Waals surface area contributed by atoms with Crippen molar-refractivity contribution < 1.29 is 10.2 Å². The van der Waals surface area contributed by atoms with Crippen LogP contribution in [0.1, 0.15) is 5.56 Å². The number of aliphatic hydroxyl groups excluding tert-OH is 2. The lowest BCUT2D eigenvalue weighted by Gasteiger charge is -2.14. The largest absolute Gasteiger partial charge is 0.394 e. The SMILES string of the molecule is Cc1c(NCC(O)CO)cccc1-c1nncn1C. The number of aromatic nitrogens is 3. The minimum atomic E-state index is -0.766. The molecule has 0 radical (unpaired) electrons. The monoisotopic (exact) mass is 262 g/mol. The van der Waals surface area contributed by atoms with Gasteiger partial charge in [-0.05, 0) is 18.6 Å². The Hall–Kier alpha value is -1.92. The van der Waals surface area contributed by atoms with E-state index >= 15 is 0 Å². The molecule has 1 heterocycles. The summed E-state index contributed by atoms with van der Waals surface area (Å²) in [5.41, 5.74) is 2.93. The molecule has 6 heteroatoms. The number of anilines is 1. The molecule has 1 aromatic carbocycles. The fourth-order valence-corrected chi connectivity index (χ4v) is 1.89. The molecule has 0 fully saturated rings. The van der Waals surface area contributed by atoms with Crippen LogP contribution in [0.5, 0.6) is 0 Å². The van der Waals surface area contributed by atoms with Crippen LogP contribution in [0.15, 0.2) is 24.5 Å². The molecule has 3 N–H and O–H groups in total. The van der Waals surface area contributed by atoms with Gasteiger partial charge in [0.25, 0.3) is 0 Å². The summed E-state index contributed by atoms with van der Waals surface area (Å²) < 4.78 is 1.86. The van der Waals surface area contributed by atoms with Crippen molar-refractivity contribution in [3.05, 3.63) is 30.1 Å². The highest BCUT2D eigenvalue weighted by Crippen LogP contribution is 2.26. The van der Waals surface area contributed by atoms with E-state index < -0.39 is 6.10 Å². The molecule has 0 aliphatic rings. The van der Waals surface area contributed by atoms with Gasteiger partial charge >= 0.3 is 0 Å². The van der Waals surface area contributed by atoms with Crippen molar-refractivity contribution in [1.29, 1.82) is 0 Å². The van der Waals surface area contributed by atoms with Crippen LogP contribution < -0.4 is 5.32 Å². The van der Waals surface area contributed by atoms with E-state index in [1.54, 1.807) is 6.33 Å².